The lowest BCUT2D eigenvalue weighted by atomic mass is 10.0. The maximum Gasteiger partial charge on any atom is 0.252 e. The van der Waals surface area contributed by atoms with Crippen molar-refractivity contribution in [3.8, 4) is 17.2 Å². The Morgan fingerprint density at radius 2 is 1.86 bits per heavy atom. The van der Waals surface area contributed by atoms with Crippen molar-refractivity contribution in [3.63, 3.8) is 0 Å². The Labute approximate surface area is 170 Å². The number of aryl methyl sites for hydroxylation is 1. The van der Waals surface area contributed by atoms with Crippen molar-refractivity contribution >= 4 is 5.91 Å². The van der Waals surface area contributed by atoms with Gasteiger partial charge in [0, 0.05) is 25.0 Å². The van der Waals surface area contributed by atoms with Gasteiger partial charge in [0.2, 0.25) is 0 Å². The van der Waals surface area contributed by atoms with E-state index < -0.39 is 6.04 Å². The van der Waals surface area contributed by atoms with Crippen LogP contribution in [0.1, 0.15) is 34.7 Å². The van der Waals surface area contributed by atoms with Crippen LogP contribution in [0.15, 0.2) is 54.9 Å². The Hall–Kier alpha value is -3.48. The number of carbonyl (C=O) groups is 1. The topological polar surface area (TPSA) is 74.6 Å². The number of carbonyl (C=O) groups excluding carboxylic acids is 1. The van der Waals surface area contributed by atoms with Crippen LogP contribution < -0.4 is 19.5 Å². The van der Waals surface area contributed by atoms with E-state index in [-0.39, 0.29) is 5.91 Å². The van der Waals surface area contributed by atoms with Gasteiger partial charge >= 0.3 is 0 Å². The van der Waals surface area contributed by atoms with Crippen molar-refractivity contribution < 1.29 is 19.0 Å². The lowest BCUT2D eigenvalue weighted by Gasteiger charge is -2.20. The molecule has 0 radical (unpaired) electrons. The maximum absolute atomic E-state index is 13.0. The molecule has 2 aromatic carbocycles. The van der Waals surface area contributed by atoms with E-state index in [2.05, 4.69) is 10.3 Å². The number of nitrogens with one attached hydrogen (secondary N) is 1. The standard InChI is InChI=1S/C22H25N3O4/c1-5-29-18-11-8-16(14-19(18)28-4)22(26)24-20(21-23-12-13-25(21)2)15-6-9-17(27-3)10-7-15/h6-14,20H,5H2,1-4H3,(H,24,26). The first-order chi connectivity index (χ1) is 14.1. The lowest BCUT2D eigenvalue weighted by Crippen LogP contribution is -2.31. The molecule has 1 atom stereocenters. The fraction of sp³-hybridized carbons (Fsp3) is 0.273. The third kappa shape index (κ3) is 4.51. The summed E-state index contributed by atoms with van der Waals surface area (Å²) in [6, 6.07) is 12.2. The molecule has 0 spiro atoms. The second-order valence-electron chi connectivity index (χ2n) is 6.37. The zero-order chi connectivity index (χ0) is 20.8. The Morgan fingerprint density at radius 1 is 1.10 bits per heavy atom. The van der Waals surface area contributed by atoms with Crippen molar-refractivity contribution in [3.05, 3.63) is 71.8 Å². The van der Waals surface area contributed by atoms with Crippen molar-refractivity contribution in [1.82, 2.24) is 14.9 Å². The van der Waals surface area contributed by atoms with Gasteiger partial charge in [-0.3, -0.25) is 4.79 Å². The third-order valence-electron chi connectivity index (χ3n) is 4.57. The van der Waals surface area contributed by atoms with Crippen LogP contribution in [0, 0.1) is 0 Å². The molecule has 0 bridgehead atoms. The van der Waals surface area contributed by atoms with Crippen LogP contribution in [-0.4, -0.2) is 36.3 Å². The molecule has 7 heteroatoms. The largest absolute Gasteiger partial charge is 0.497 e. The zero-order valence-corrected chi connectivity index (χ0v) is 17.0. The second-order valence-corrected chi connectivity index (χ2v) is 6.37. The van der Waals surface area contributed by atoms with Crippen LogP contribution in [0.2, 0.25) is 0 Å². The number of rotatable bonds is 8. The number of aromatic nitrogens is 2. The highest BCUT2D eigenvalue weighted by molar-refractivity contribution is 5.95. The lowest BCUT2D eigenvalue weighted by molar-refractivity contribution is 0.0940. The van der Waals surface area contributed by atoms with Gasteiger partial charge in [0.25, 0.3) is 5.91 Å². The molecule has 1 aromatic heterocycles. The van der Waals surface area contributed by atoms with Gasteiger partial charge in [0.1, 0.15) is 17.6 Å². The normalized spacial score (nSPS) is 11.6. The average molecular weight is 395 g/mol. The highest BCUT2D eigenvalue weighted by Gasteiger charge is 2.22. The number of imidazole rings is 1. The summed E-state index contributed by atoms with van der Waals surface area (Å²) in [6.07, 6.45) is 3.55. The van der Waals surface area contributed by atoms with Gasteiger partial charge < -0.3 is 24.1 Å². The van der Waals surface area contributed by atoms with Crippen LogP contribution in [0.4, 0.5) is 0 Å². The summed E-state index contributed by atoms with van der Waals surface area (Å²) in [6.45, 7) is 2.41. The van der Waals surface area contributed by atoms with E-state index in [9.17, 15) is 4.79 Å². The molecule has 1 N–H and O–H groups in total. The molecule has 1 amide bonds. The van der Waals surface area contributed by atoms with E-state index in [1.165, 1.54) is 0 Å². The zero-order valence-electron chi connectivity index (χ0n) is 17.0. The average Bonchev–Trinajstić information content (AvgIpc) is 3.18. The minimum Gasteiger partial charge on any atom is -0.497 e. The molecule has 1 unspecified atom stereocenters. The van der Waals surface area contributed by atoms with Gasteiger partial charge in [-0.1, -0.05) is 12.1 Å². The highest BCUT2D eigenvalue weighted by Crippen LogP contribution is 2.29. The Morgan fingerprint density at radius 3 is 2.45 bits per heavy atom. The van der Waals surface area contributed by atoms with Gasteiger partial charge in [-0.15, -0.1) is 0 Å². The fourth-order valence-corrected chi connectivity index (χ4v) is 3.05. The van der Waals surface area contributed by atoms with Crippen molar-refractivity contribution in [2.75, 3.05) is 20.8 Å². The second kappa shape index (κ2) is 9.14. The summed E-state index contributed by atoms with van der Waals surface area (Å²) in [5, 5.41) is 3.07. The van der Waals surface area contributed by atoms with E-state index in [1.807, 2.05) is 49.0 Å². The van der Waals surface area contributed by atoms with Gasteiger partial charge in [-0.2, -0.15) is 0 Å². The van der Waals surface area contributed by atoms with Gasteiger partial charge in [-0.05, 0) is 42.8 Å². The third-order valence-corrected chi connectivity index (χ3v) is 4.57. The van der Waals surface area contributed by atoms with Crippen LogP contribution in [0.3, 0.4) is 0 Å². The quantitative estimate of drug-likeness (QED) is 0.633. The molecule has 0 saturated carbocycles. The Kier molecular flexibility index (Phi) is 6.39. The van der Waals surface area contributed by atoms with E-state index in [0.717, 1.165) is 17.1 Å². The highest BCUT2D eigenvalue weighted by atomic mass is 16.5. The Balaban J connectivity index is 1.91. The monoisotopic (exact) mass is 395 g/mol. The van der Waals surface area contributed by atoms with E-state index in [0.29, 0.717) is 23.7 Å². The molecule has 0 aliphatic heterocycles. The summed E-state index contributed by atoms with van der Waals surface area (Å²) in [5.74, 6) is 2.34. The van der Waals surface area contributed by atoms with Gasteiger partial charge in [0.05, 0.1) is 20.8 Å². The SMILES string of the molecule is CCOc1ccc(C(=O)NC(c2ccc(OC)cc2)c2nccn2C)cc1OC. The summed E-state index contributed by atoms with van der Waals surface area (Å²) in [7, 11) is 5.06. The number of hydrogen-bond acceptors (Lipinski definition) is 5. The summed E-state index contributed by atoms with van der Waals surface area (Å²) < 4.78 is 18.0. The molecule has 0 fully saturated rings. The molecular formula is C22H25N3O4. The molecular weight excluding hydrogens is 370 g/mol. The number of nitrogens with zero attached hydrogens (tertiary/aromatic N) is 2. The van der Waals surface area contributed by atoms with Crippen molar-refractivity contribution in [2.24, 2.45) is 7.05 Å². The first kappa shape index (κ1) is 20.3. The van der Waals surface area contributed by atoms with Crippen LogP contribution in [0.5, 0.6) is 17.2 Å². The van der Waals surface area contributed by atoms with Crippen LogP contribution in [-0.2, 0) is 7.05 Å². The smallest absolute Gasteiger partial charge is 0.252 e. The molecule has 3 aromatic rings. The number of methoxy groups -OCH3 is 2. The first-order valence-corrected chi connectivity index (χ1v) is 9.30. The number of amides is 1. The van der Waals surface area contributed by atoms with Crippen LogP contribution >= 0.6 is 0 Å². The van der Waals surface area contributed by atoms with E-state index in [4.69, 9.17) is 14.2 Å². The molecule has 7 nitrogen and oxygen atoms in total. The molecule has 152 valence electrons. The minimum atomic E-state index is -0.425. The van der Waals surface area contributed by atoms with Crippen LogP contribution in [0.25, 0.3) is 0 Å². The molecule has 0 aliphatic carbocycles. The van der Waals surface area contributed by atoms with E-state index in [1.54, 1.807) is 38.6 Å². The fourth-order valence-electron chi connectivity index (χ4n) is 3.05. The molecule has 1 heterocycles. The predicted octanol–water partition coefficient (Wildman–Crippen LogP) is 3.36. The minimum absolute atomic E-state index is 0.241. The summed E-state index contributed by atoms with van der Waals surface area (Å²) in [4.78, 5) is 17.5. The number of benzene rings is 2. The first-order valence-electron chi connectivity index (χ1n) is 9.30. The summed E-state index contributed by atoms with van der Waals surface area (Å²) >= 11 is 0. The number of hydrogen-bond donors (Lipinski definition) is 1. The molecule has 29 heavy (non-hydrogen) atoms. The molecule has 3 rings (SSSR count). The predicted molar refractivity (Wildman–Crippen MR) is 110 cm³/mol. The van der Waals surface area contributed by atoms with Crippen molar-refractivity contribution in [2.45, 2.75) is 13.0 Å². The molecule has 0 saturated heterocycles. The molecule has 0 aliphatic rings. The summed E-state index contributed by atoms with van der Waals surface area (Å²) in [5.41, 5.74) is 1.37. The van der Waals surface area contributed by atoms with E-state index >= 15 is 0 Å². The number of ether oxygens (including phenoxy) is 3. The van der Waals surface area contributed by atoms with Crippen molar-refractivity contribution in [1.29, 1.82) is 0 Å². The maximum atomic E-state index is 13.0. The van der Waals surface area contributed by atoms with Gasteiger partial charge in [-0.25, -0.2) is 4.98 Å². The van der Waals surface area contributed by atoms with Gasteiger partial charge in [0.15, 0.2) is 11.5 Å². The Bertz CT molecular complexity index is 966.